The van der Waals surface area contributed by atoms with Crippen LogP contribution in [-0.4, -0.2) is 0 Å². The number of hydrogen-bond donors (Lipinski definition) is 0. The van der Waals surface area contributed by atoms with E-state index in [2.05, 4.69) is 222 Å². The van der Waals surface area contributed by atoms with Crippen LogP contribution in [0.1, 0.15) is 586 Å². The Morgan fingerprint density at radius 3 is 0.717 bits per heavy atom. The molecule has 3 aromatic carbocycles. The number of benzene rings is 3. The van der Waals surface area contributed by atoms with Crippen LogP contribution < -0.4 is 0 Å². The molecule has 2 atom stereocenters. The molecule has 0 N–H and O–H groups in total. The van der Waals surface area contributed by atoms with Crippen LogP contribution in [0.4, 0.5) is 0 Å². The largest absolute Gasteiger partial charge is 0.0853 e. The van der Waals surface area contributed by atoms with E-state index in [1.165, 1.54) is 382 Å². The summed E-state index contributed by atoms with van der Waals surface area (Å²) in [4.78, 5) is 0. The molecule has 2 unspecified atom stereocenters. The number of hydrogen-bond acceptors (Lipinski definition) is 0. The highest BCUT2D eigenvalue weighted by Gasteiger charge is 2.35. The molecule has 16 aliphatic rings. The monoisotopic (exact) mass is 1920 g/mol. The molecule has 0 aromatic heterocycles. The van der Waals surface area contributed by atoms with E-state index in [1.807, 2.05) is 5.57 Å². The highest BCUT2D eigenvalue weighted by Crippen LogP contribution is 2.49. The molecule has 0 heterocycles. The zero-order valence-electron chi connectivity index (χ0n) is 95.2. The van der Waals surface area contributed by atoms with Gasteiger partial charge in [0.15, 0.2) is 0 Å². The zero-order chi connectivity index (χ0) is 97.9. The Morgan fingerprint density at radius 1 is 0.203 bits per heavy atom. The van der Waals surface area contributed by atoms with Crippen LogP contribution in [-0.2, 0) is 6.42 Å². The lowest BCUT2D eigenvalue weighted by molar-refractivity contribution is 0.148. The Bertz CT molecular complexity index is 3490. The molecule has 0 nitrogen and oxygen atoms in total. The van der Waals surface area contributed by atoms with Crippen LogP contribution in [0, 0.1) is 186 Å². The Hall–Kier alpha value is -3.12. The molecule has 14 saturated carbocycles. The summed E-state index contributed by atoms with van der Waals surface area (Å²) in [5, 5.41) is 0. The minimum absolute atomic E-state index is 0. The van der Waals surface area contributed by atoms with Crippen LogP contribution in [0.15, 0.2) is 108 Å². The molecule has 0 spiro atoms. The summed E-state index contributed by atoms with van der Waals surface area (Å²) in [7, 11) is 0. The molecule has 14 fully saturated rings. The second-order valence-corrected chi connectivity index (χ2v) is 54.6. The van der Waals surface area contributed by atoms with Crippen molar-refractivity contribution in [1.29, 1.82) is 0 Å². The third-order valence-corrected chi connectivity index (χ3v) is 42.0. The predicted molar refractivity (Wildman–Crippen MR) is 641 cm³/mol. The first-order valence-corrected chi connectivity index (χ1v) is 62.9. The van der Waals surface area contributed by atoms with Gasteiger partial charge in [0.25, 0.3) is 0 Å². The molecule has 19 rings (SSSR count). The molecule has 812 valence electrons. The minimum Gasteiger partial charge on any atom is -0.0853 e. The topological polar surface area (TPSA) is 0 Å². The molecule has 138 heavy (non-hydrogen) atoms. The van der Waals surface area contributed by atoms with Crippen LogP contribution in [0.3, 0.4) is 0 Å². The fraction of sp³-hybridized carbons (Fsp3) is 0.826. The Kier molecular flexibility index (Phi) is 53.0. The van der Waals surface area contributed by atoms with Gasteiger partial charge in [0, 0.05) is 20.0 Å². The number of rotatable bonds is 15. The van der Waals surface area contributed by atoms with Gasteiger partial charge in [-0.25, -0.2) is 0 Å². The van der Waals surface area contributed by atoms with E-state index in [-0.39, 0.29) is 20.0 Å². The number of allylic oxidation sites excluding steroid dienone is 6. The summed E-state index contributed by atoms with van der Waals surface area (Å²) in [6.07, 6.45) is 108. The third kappa shape index (κ3) is 43.7. The summed E-state index contributed by atoms with van der Waals surface area (Å²) < 4.78 is 0. The van der Waals surface area contributed by atoms with E-state index in [1.54, 1.807) is 80.9 Å². The lowest BCUT2D eigenvalue weighted by atomic mass is 9.69. The molecular formula is C138H260. The molecule has 3 aromatic rings. The first-order valence-electron chi connectivity index (χ1n) is 62.9. The molecule has 0 radical (unpaired) electrons. The maximum absolute atomic E-state index is 2.56. The van der Waals surface area contributed by atoms with Crippen molar-refractivity contribution in [2.24, 2.45) is 166 Å². The zero-order valence-corrected chi connectivity index (χ0v) is 95.2. The van der Waals surface area contributed by atoms with E-state index in [9.17, 15) is 0 Å². The van der Waals surface area contributed by atoms with Crippen molar-refractivity contribution >= 4 is 0 Å². The molecule has 0 amide bonds. The Morgan fingerprint density at radius 2 is 0.442 bits per heavy atom. The molecular weight excluding hydrogens is 1660 g/mol. The summed E-state index contributed by atoms with van der Waals surface area (Å²) in [6, 6.07) is 27.4. The van der Waals surface area contributed by atoms with Crippen molar-refractivity contribution in [2.75, 3.05) is 0 Å². The SMILES string of the molecule is CC1=CCC(C2CCC(C)CC2)CC1.CC1CC=C(C2CCC(C)CC2)CC1.CC1CCC(/C=C/C2CCC(C)CC2)CC1.CC1CCC(C2CCC(C)CC2)CC1.CC1CCC(C2CCC(C)CC2)CC1.CC1CCC(CCC2CCC(C)CC2)CC1.Cc1ccc(C2CCC(C)CC2)cc1.Cc1ccc(C2CCC(C)CC2)cc1.Cc1ccc(CCC2CCC(C3CCC(C)CC3)CC2)cc1.[HH].[HH].[HH].[HH].[HH].[HH].[HH].[HH].[HH].[HH].[HH].[HH].[HH].[HH]. The fourth-order valence-electron chi connectivity index (χ4n) is 29.9. The van der Waals surface area contributed by atoms with Crippen LogP contribution in [0.25, 0.3) is 0 Å². The molecule has 0 heteroatoms. The average Bonchev–Trinajstić information content (AvgIpc) is 0.873. The van der Waals surface area contributed by atoms with Gasteiger partial charge in [-0.3, -0.25) is 0 Å². The number of aryl methyl sites for hydroxylation is 4. The van der Waals surface area contributed by atoms with E-state index in [0.717, 1.165) is 178 Å². The summed E-state index contributed by atoms with van der Waals surface area (Å²) in [5.74, 6) is 30.3. The summed E-state index contributed by atoms with van der Waals surface area (Å²) >= 11 is 0. The first kappa shape index (κ1) is 115. The van der Waals surface area contributed by atoms with Crippen molar-refractivity contribution in [3.63, 3.8) is 0 Å². The van der Waals surface area contributed by atoms with Gasteiger partial charge in [0.05, 0.1) is 0 Å². The van der Waals surface area contributed by atoms with Gasteiger partial charge in [-0.05, 0) is 427 Å². The third-order valence-electron chi connectivity index (χ3n) is 42.0. The van der Waals surface area contributed by atoms with Gasteiger partial charge in [0.2, 0.25) is 0 Å². The van der Waals surface area contributed by atoms with E-state index >= 15 is 0 Å². The van der Waals surface area contributed by atoms with E-state index in [0.29, 0.717) is 0 Å². The average molecular weight is 1920 g/mol. The summed E-state index contributed by atoms with van der Waals surface area (Å²) in [6.45, 7) is 42.6. The van der Waals surface area contributed by atoms with Crippen molar-refractivity contribution in [2.45, 2.75) is 560 Å². The Labute approximate surface area is 882 Å². The van der Waals surface area contributed by atoms with E-state index < -0.39 is 0 Å². The molecule has 0 aliphatic heterocycles. The predicted octanol–water partition coefficient (Wildman–Crippen LogP) is 47.6. The highest BCUT2D eigenvalue weighted by molar-refractivity contribution is 5.27. The van der Waals surface area contributed by atoms with Crippen LogP contribution >= 0.6 is 0 Å². The second-order valence-electron chi connectivity index (χ2n) is 54.6. The van der Waals surface area contributed by atoms with E-state index in [4.69, 9.17) is 0 Å². The van der Waals surface area contributed by atoms with Crippen molar-refractivity contribution in [1.82, 2.24) is 0 Å². The maximum Gasteiger partial charge on any atom is 0 e. The lowest BCUT2D eigenvalue weighted by Crippen LogP contribution is -2.25. The molecule has 0 saturated heterocycles. The van der Waals surface area contributed by atoms with Crippen molar-refractivity contribution in [3.8, 4) is 0 Å². The smallest absolute Gasteiger partial charge is 0 e. The second kappa shape index (κ2) is 63.5. The van der Waals surface area contributed by atoms with Gasteiger partial charge in [-0.15, -0.1) is 0 Å². The van der Waals surface area contributed by atoms with Gasteiger partial charge in [-0.2, -0.15) is 0 Å². The van der Waals surface area contributed by atoms with Gasteiger partial charge in [-0.1, -0.05) is 440 Å². The minimum atomic E-state index is 0. The standard InChI is InChI=1S/C22H34.C16H30.C16H28.2C14H26.2C14H24.2C14H20.14H2/c1-17-3-7-19(8-4-17)9-10-20-11-15-22(16-12-20)21-13-5-18(2)6-14-21;2*1-13-3-7-15(8-4-13)11-12-16-9-5-14(2)6-10-16;6*1-11-3-7-13(8-4-11)14-9-5-12(2)6-10-14;;;;;;;;;;;;;;/h3-4,7-8,18,20-22H,5-6,9-16H2,1-2H3;13-16H,3-12H2,1-2H3;11-16H,3-10H2,1-2H3;2*11-14H,3-10H2,1-2H3;7,11-12,14H,3-6,8-10H2,1-2H3;3,12-14H,4-10H2,1-2H3;2*3-4,7-8,12,14H,5-6,9-10H2,1-2H3;14*1H/b;;12-11+;;;;;;;;;;;;;;;;;;;;. The summed E-state index contributed by atoms with van der Waals surface area (Å²) in [5.41, 5.74) is 12.2. The Balaban J connectivity index is -0.000000804. The van der Waals surface area contributed by atoms with Gasteiger partial charge < -0.3 is 0 Å². The van der Waals surface area contributed by atoms with Crippen LogP contribution in [0.2, 0.25) is 0 Å². The highest BCUT2D eigenvalue weighted by atomic mass is 14.4. The fourth-order valence-corrected chi connectivity index (χ4v) is 29.9. The maximum atomic E-state index is 2.56. The van der Waals surface area contributed by atoms with Gasteiger partial charge in [0.1, 0.15) is 0 Å². The van der Waals surface area contributed by atoms with Crippen molar-refractivity contribution < 1.29 is 20.0 Å². The molecule has 16 aliphatic carbocycles. The van der Waals surface area contributed by atoms with Gasteiger partial charge >= 0.3 is 0 Å². The normalized spacial score (nSPS) is 37.5. The van der Waals surface area contributed by atoms with Crippen molar-refractivity contribution in [3.05, 3.63) is 142 Å². The lowest BCUT2D eigenvalue weighted by Gasteiger charge is -2.37. The molecule has 0 bridgehead atoms. The quantitative estimate of drug-likeness (QED) is 0.133. The van der Waals surface area contributed by atoms with Crippen LogP contribution in [0.5, 0.6) is 0 Å². The first-order chi connectivity index (χ1) is 66.7.